The summed E-state index contributed by atoms with van der Waals surface area (Å²) in [6.07, 6.45) is 15.1. The third kappa shape index (κ3) is 9.39. The van der Waals surface area contributed by atoms with Crippen molar-refractivity contribution < 1.29 is 10.0 Å². The minimum atomic E-state index is -1.09. The Bertz CT molecular complexity index is 271. The minimum absolute atomic E-state index is 0.240. The van der Waals surface area contributed by atoms with Gasteiger partial charge in [0, 0.05) is 17.8 Å². The average Bonchev–Trinajstić information content (AvgIpc) is 2.52. The van der Waals surface area contributed by atoms with Crippen molar-refractivity contribution in [3.63, 3.8) is 0 Å². The lowest BCUT2D eigenvalue weighted by atomic mass is 9.88. The SMILES string of the molecule is CCCCCCCCCCCCC(CO)(CCCC)[N+](=O)[O-]. The first-order chi connectivity index (χ1) is 10.6. The molecule has 4 nitrogen and oxygen atoms in total. The van der Waals surface area contributed by atoms with E-state index in [9.17, 15) is 15.2 Å². The normalized spacial score (nSPS) is 14.0. The Kier molecular flexibility index (Phi) is 13.6. The van der Waals surface area contributed by atoms with Crippen LogP contribution in [0.5, 0.6) is 0 Å². The average molecular weight is 315 g/mol. The van der Waals surface area contributed by atoms with Gasteiger partial charge in [-0.25, -0.2) is 0 Å². The molecule has 0 rings (SSSR count). The van der Waals surface area contributed by atoms with Gasteiger partial charge in [0.2, 0.25) is 5.54 Å². The molecule has 0 bridgehead atoms. The van der Waals surface area contributed by atoms with Crippen molar-refractivity contribution in [1.82, 2.24) is 0 Å². The number of aliphatic hydroxyl groups excluding tert-OH is 1. The van der Waals surface area contributed by atoms with Crippen LogP contribution in [0.4, 0.5) is 0 Å². The number of aliphatic hydroxyl groups is 1. The van der Waals surface area contributed by atoms with Crippen LogP contribution in [0.2, 0.25) is 0 Å². The van der Waals surface area contributed by atoms with Gasteiger partial charge in [-0.1, -0.05) is 78.1 Å². The number of hydrogen-bond donors (Lipinski definition) is 1. The molecule has 4 heteroatoms. The molecule has 0 amide bonds. The van der Waals surface area contributed by atoms with Crippen LogP contribution in [0, 0.1) is 10.1 Å². The van der Waals surface area contributed by atoms with Gasteiger partial charge in [0.15, 0.2) is 0 Å². The summed E-state index contributed by atoms with van der Waals surface area (Å²) >= 11 is 0. The van der Waals surface area contributed by atoms with E-state index in [1.807, 2.05) is 6.92 Å². The number of nitrogens with zero attached hydrogens (tertiary/aromatic N) is 1. The second-order valence-electron chi connectivity index (χ2n) is 6.68. The molecule has 0 radical (unpaired) electrons. The Hall–Kier alpha value is -0.640. The van der Waals surface area contributed by atoms with Crippen molar-refractivity contribution in [2.75, 3.05) is 6.61 Å². The third-order valence-electron chi connectivity index (χ3n) is 4.67. The van der Waals surface area contributed by atoms with Crippen molar-refractivity contribution in [2.45, 2.75) is 109 Å². The molecular formula is C18H37NO3. The van der Waals surface area contributed by atoms with Crippen molar-refractivity contribution in [3.8, 4) is 0 Å². The summed E-state index contributed by atoms with van der Waals surface area (Å²) in [6.45, 7) is 3.94. The molecule has 132 valence electrons. The second kappa shape index (κ2) is 14.0. The zero-order chi connectivity index (χ0) is 16.7. The second-order valence-corrected chi connectivity index (χ2v) is 6.68. The Morgan fingerprint density at radius 2 is 1.18 bits per heavy atom. The molecule has 0 heterocycles. The predicted molar refractivity (Wildman–Crippen MR) is 92.8 cm³/mol. The molecule has 0 spiro atoms. The van der Waals surface area contributed by atoms with E-state index in [-0.39, 0.29) is 11.5 Å². The number of hydrogen-bond acceptors (Lipinski definition) is 3. The van der Waals surface area contributed by atoms with E-state index in [0.717, 1.165) is 25.7 Å². The Balaban J connectivity index is 3.74. The third-order valence-corrected chi connectivity index (χ3v) is 4.67. The van der Waals surface area contributed by atoms with Gasteiger partial charge in [-0.15, -0.1) is 0 Å². The lowest BCUT2D eigenvalue weighted by Crippen LogP contribution is -2.42. The molecule has 0 aromatic rings. The first-order valence-electron chi connectivity index (χ1n) is 9.38. The quantitative estimate of drug-likeness (QED) is 0.232. The van der Waals surface area contributed by atoms with E-state index in [4.69, 9.17) is 0 Å². The summed E-state index contributed by atoms with van der Waals surface area (Å²) in [7, 11) is 0. The largest absolute Gasteiger partial charge is 0.389 e. The molecule has 0 saturated heterocycles. The van der Waals surface area contributed by atoms with Gasteiger partial charge in [-0.2, -0.15) is 0 Å². The summed E-state index contributed by atoms with van der Waals surface area (Å²) in [6, 6.07) is 0. The van der Waals surface area contributed by atoms with Crippen molar-refractivity contribution >= 4 is 0 Å². The molecule has 1 atom stereocenters. The first kappa shape index (κ1) is 21.4. The van der Waals surface area contributed by atoms with Crippen LogP contribution in [-0.4, -0.2) is 22.2 Å². The van der Waals surface area contributed by atoms with E-state index in [2.05, 4.69) is 6.92 Å². The highest BCUT2D eigenvalue weighted by atomic mass is 16.6. The lowest BCUT2D eigenvalue weighted by molar-refractivity contribution is -0.576. The van der Waals surface area contributed by atoms with Crippen LogP contribution in [0.3, 0.4) is 0 Å². The van der Waals surface area contributed by atoms with Crippen molar-refractivity contribution in [1.29, 1.82) is 0 Å². The predicted octanol–water partition coefficient (Wildman–Crippen LogP) is 5.50. The topological polar surface area (TPSA) is 63.4 Å². The fourth-order valence-electron chi connectivity index (χ4n) is 2.97. The smallest absolute Gasteiger partial charge is 0.244 e. The van der Waals surface area contributed by atoms with Gasteiger partial charge in [0.1, 0.15) is 6.61 Å². The minimum Gasteiger partial charge on any atom is -0.389 e. The maximum absolute atomic E-state index is 11.3. The molecule has 0 aliphatic rings. The molecule has 0 fully saturated rings. The van der Waals surface area contributed by atoms with E-state index in [0.29, 0.717) is 12.8 Å². The summed E-state index contributed by atoms with van der Waals surface area (Å²) in [5.41, 5.74) is -1.09. The fourth-order valence-corrected chi connectivity index (χ4v) is 2.97. The molecule has 0 aromatic carbocycles. The van der Waals surface area contributed by atoms with Crippen LogP contribution >= 0.6 is 0 Å². The summed E-state index contributed by atoms with van der Waals surface area (Å²) in [5.74, 6) is 0. The van der Waals surface area contributed by atoms with Crippen molar-refractivity contribution in [2.24, 2.45) is 0 Å². The molecule has 0 aromatic heterocycles. The van der Waals surface area contributed by atoms with E-state index < -0.39 is 5.54 Å². The van der Waals surface area contributed by atoms with Crippen molar-refractivity contribution in [3.05, 3.63) is 10.1 Å². The zero-order valence-electron chi connectivity index (χ0n) is 14.8. The maximum atomic E-state index is 11.3. The molecule has 0 aliphatic carbocycles. The number of nitro groups is 1. The molecule has 1 unspecified atom stereocenters. The van der Waals surface area contributed by atoms with E-state index in [1.54, 1.807) is 0 Å². The first-order valence-corrected chi connectivity index (χ1v) is 9.38. The van der Waals surface area contributed by atoms with Crippen LogP contribution < -0.4 is 0 Å². The highest BCUT2D eigenvalue weighted by Gasteiger charge is 2.40. The van der Waals surface area contributed by atoms with Gasteiger partial charge >= 0.3 is 0 Å². The molecule has 0 aliphatic heterocycles. The number of rotatable bonds is 16. The van der Waals surface area contributed by atoms with Crippen LogP contribution in [0.25, 0.3) is 0 Å². The zero-order valence-corrected chi connectivity index (χ0v) is 14.8. The number of unbranched alkanes of at least 4 members (excludes halogenated alkanes) is 10. The highest BCUT2D eigenvalue weighted by molar-refractivity contribution is 4.78. The van der Waals surface area contributed by atoms with Gasteiger partial charge in [-0.3, -0.25) is 10.1 Å². The summed E-state index contributed by atoms with van der Waals surface area (Å²) in [5, 5.41) is 20.8. The summed E-state index contributed by atoms with van der Waals surface area (Å²) < 4.78 is 0. The van der Waals surface area contributed by atoms with Gasteiger partial charge < -0.3 is 5.11 Å². The maximum Gasteiger partial charge on any atom is 0.244 e. The van der Waals surface area contributed by atoms with E-state index in [1.165, 1.54) is 51.4 Å². The van der Waals surface area contributed by atoms with Crippen LogP contribution in [-0.2, 0) is 0 Å². The molecule has 0 saturated carbocycles. The monoisotopic (exact) mass is 315 g/mol. The van der Waals surface area contributed by atoms with Gasteiger partial charge in [0.05, 0.1) is 0 Å². The molecule has 22 heavy (non-hydrogen) atoms. The molecular weight excluding hydrogens is 278 g/mol. The lowest BCUT2D eigenvalue weighted by Gasteiger charge is -2.23. The van der Waals surface area contributed by atoms with E-state index >= 15 is 0 Å². The fraction of sp³-hybridized carbons (Fsp3) is 1.00. The van der Waals surface area contributed by atoms with Gasteiger partial charge in [0.25, 0.3) is 0 Å². The standard InChI is InChI=1S/C18H37NO3/c1-3-5-7-8-9-10-11-12-13-14-16-18(17-20,19(21)22)15-6-4-2/h20H,3-17H2,1-2H3. The Labute approximate surface area is 136 Å². The molecule has 1 N–H and O–H groups in total. The Morgan fingerprint density at radius 1 is 0.773 bits per heavy atom. The summed E-state index contributed by atoms with van der Waals surface area (Å²) in [4.78, 5) is 11.1. The van der Waals surface area contributed by atoms with Crippen LogP contribution in [0.15, 0.2) is 0 Å². The Morgan fingerprint density at radius 3 is 1.59 bits per heavy atom. The highest BCUT2D eigenvalue weighted by Crippen LogP contribution is 2.25. The van der Waals surface area contributed by atoms with Crippen LogP contribution in [0.1, 0.15) is 104 Å². The van der Waals surface area contributed by atoms with Gasteiger partial charge in [-0.05, 0) is 12.8 Å².